The number of furan rings is 1. The van der Waals surface area contributed by atoms with Crippen molar-refractivity contribution in [3.8, 4) is 0 Å². The molecule has 2 aliphatic heterocycles. The summed E-state index contributed by atoms with van der Waals surface area (Å²) in [7, 11) is 0. The number of allylic oxidation sites excluding steroid dienone is 1. The highest BCUT2D eigenvalue weighted by molar-refractivity contribution is 5.84. The lowest BCUT2D eigenvalue weighted by Crippen LogP contribution is -2.44. The average molecular weight is 1810 g/mol. The maximum atomic E-state index is 5.62. The van der Waals surface area contributed by atoms with Crippen LogP contribution in [0.1, 0.15) is 340 Å². The van der Waals surface area contributed by atoms with Crippen LogP contribution in [0.25, 0.3) is 49.7 Å². The molecule has 0 atom stereocenters. The number of hydrogen-bond acceptors (Lipinski definition) is 5. The third-order valence-electron chi connectivity index (χ3n) is 27.2. The Balaban J connectivity index is 0.000000155. The van der Waals surface area contributed by atoms with E-state index in [-0.39, 0.29) is 39.9 Å². The van der Waals surface area contributed by atoms with Crippen LogP contribution in [-0.2, 0) is 108 Å². The van der Waals surface area contributed by atoms with Gasteiger partial charge in [0.1, 0.15) is 11.1 Å². The molecule has 6 aliphatic rings. The molecule has 0 N–H and O–H groups in total. The summed E-state index contributed by atoms with van der Waals surface area (Å²) in [6, 6.07) is 91.8. The summed E-state index contributed by atoms with van der Waals surface area (Å²) in [4.78, 5) is 11.3. The zero-order chi connectivity index (χ0) is 97.6. The van der Waals surface area contributed by atoms with Gasteiger partial charge in [-0.25, -0.2) is 4.98 Å². The lowest BCUT2D eigenvalue weighted by atomic mass is 9.79. The van der Waals surface area contributed by atoms with Crippen molar-refractivity contribution < 1.29 is 8.83 Å². The fourth-order valence-electron chi connectivity index (χ4n) is 17.7. The summed E-state index contributed by atoms with van der Waals surface area (Å²) in [5, 5.41) is 6.48. The van der Waals surface area contributed by atoms with Gasteiger partial charge in [-0.2, -0.15) is 0 Å². The largest absolute Gasteiger partial charge is 0.464 e. The Morgan fingerprint density at radius 3 is 1.19 bits per heavy atom. The minimum absolute atomic E-state index is 0. The number of hydrogen-bond donors (Lipinski definition) is 0. The predicted octanol–water partition coefficient (Wildman–Crippen LogP) is 36.2. The van der Waals surface area contributed by atoms with Crippen LogP contribution >= 0.6 is 0 Å². The first kappa shape index (κ1) is 107. The van der Waals surface area contributed by atoms with Gasteiger partial charge in [0.15, 0.2) is 5.58 Å². The van der Waals surface area contributed by atoms with Gasteiger partial charge in [0.05, 0.1) is 12.0 Å². The van der Waals surface area contributed by atoms with Crippen LogP contribution in [-0.4, -0.2) is 28.2 Å². The third kappa shape index (κ3) is 30.8. The summed E-state index contributed by atoms with van der Waals surface area (Å²) in [5.74, 6) is 1.64. The number of para-hydroxylation sites is 2. The number of aryl methyl sites for hydroxylation is 4. The van der Waals surface area contributed by atoms with Crippen molar-refractivity contribution in [1.29, 1.82) is 0 Å². The van der Waals surface area contributed by atoms with Crippen LogP contribution < -0.4 is 0 Å². The molecule has 20 rings (SSSR count). The zero-order valence-electron chi connectivity index (χ0n) is 88.2. The number of aliphatic imine (C=N–C) groups is 1. The number of rotatable bonds is 0. The molecule has 5 heteroatoms. The first-order chi connectivity index (χ1) is 62.7. The van der Waals surface area contributed by atoms with Crippen LogP contribution in [0.4, 0.5) is 5.69 Å². The topological polar surface area (TPSA) is 54.8 Å². The van der Waals surface area contributed by atoms with Crippen LogP contribution in [0.2, 0.25) is 0 Å². The van der Waals surface area contributed by atoms with Crippen molar-refractivity contribution in [1.82, 2.24) is 9.88 Å². The van der Waals surface area contributed by atoms with Crippen molar-refractivity contribution in [2.75, 3.05) is 6.54 Å². The second-order valence-electron chi connectivity index (χ2n) is 48.5. The van der Waals surface area contributed by atoms with E-state index in [0.29, 0.717) is 21.8 Å². The van der Waals surface area contributed by atoms with E-state index in [1.807, 2.05) is 36.5 Å². The molecule has 0 amide bonds. The lowest BCUT2D eigenvalue weighted by molar-refractivity contribution is 0.121. The lowest BCUT2D eigenvalue weighted by Gasteiger charge is -2.39. The van der Waals surface area contributed by atoms with E-state index in [4.69, 9.17) is 8.83 Å². The van der Waals surface area contributed by atoms with Crippen molar-refractivity contribution in [2.24, 2.45) is 16.3 Å². The molecule has 0 saturated carbocycles. The van der Waals surface area contributed by atoms with Crippen molar-refractivity contribution >= 4 is 61.6 Å². The fourth-order valence-corrected chi connectivity index (χ4v) is 17.7. The Bertz CT molecular complexity index is 5990. The van der Waals surface area contributed by atoms with Gasteiger partial charge in [-0.05, 0) is 293 Å². The molecule has 4 heterocycles. The number of fused-ring (bicyclic) bond motifs is 10. The van der Waals surface area contributed by atoms with Crippen LogP contribution in [0.3, 0.4) is 0 Å². The molecule has 2 aromatic heterocycles. The molecule has 135 heavy (non-hydrogen) atoms. The average Bonchev–Trinajstić information content (AvgIpc) is 1.74. The van der Waals surface area contributed by atoms with E-state index >= 15 is 0 Å². The van der Waals surface area contributed by atoms with Gasteiger partial charge in [-0.15, -0.1) is 0 Å². The van der Waals surface area contributed by atoms with E-state index in [1.165, 1.54) is 164 Å². The molecule has 0 fully saturated rings. The Morgan fingerprint density at radius 2 is 0.696 bits per heavy atom. The molecule has 0 bridgehead atoms. The number of nitrogens with zero attached hydrogens (tertiary/aromatic N) is 3. The van der Waals surface area contributed by atoms with Crippen LogP contribution in [0, 0.1) is 11.3 Å². The molecule has 0 radical (unpaired) electrons. The molecule has 0 saturated heterocycles. The van der Waals surface area contributed by atoms with Gasteiger partial charge in [0.25, 0.3) is 0 Å². The second kappa shape index (κ2) is 44.8. The molecule has 716 valence electrons. The highest BCUT2D eigenvalue weighted by Gasteiger charge is 2.32. The first-order valence-corrected chi connectivity index (χ1v) is 50.1. The SMILES string of the molecule is C.CC(C)(C)C1Cc2ccccc2C1.CC(C)(C)N1CCc2ccccc2C1.CC(C)(C)c1ccc2c(c1)CC=C2.CC(C)(C)c1ccc2c(c1)CC=N2.CC(C)(C)c1ccc2c(c1)CCC2.CC(C)(C)c1ccc2c(c1)CCCC2.CC(C)(C)c1ccc2ccccc2c1.CC(C)(C)c1ccc2ccccc2c1.CC(C)(C)c1ccc2ccoc2c1.CC(C)(C)c1nc2ccccc2o1. The molecular formula is C130H169N3O2. The Labute approximate surface area is 818 Å². The van der Waals surface area contributed by atoms with Crippen molar-refractivity contribution in [3.05, 3.63) is 373 Å². The van der Waals surface area contributed by atoms with E-state index < -0.39 is 0 Å². The molecule has 0 spiro atoms. The first-order valence-electron chi connectivity index (χ1n) is 50.1. The van der Waals surface area contributed by atoms with E-state index in [0.717, 1.165) is 53.6 Å². The van der Waals surface area contributed by atoms with E-state index in [9.17, 15) is 0 Å². The van der Waals surface area contributed by atoms with Gasteiger partial charge in [-0.1, -0.05) is 431 Å². The van der Waals surface area contributed by atoms with Gasteiger partial charge >= 0.3 is 0 Å². The Hall–Kier alpha value is -10.5. The van der Waals surface area contributed by atoms with Gasteiger partial charge < -0.3 is 8.83 Å². The Morgan fingerprint density at radius 1 is 0.304 bits per heavy atom. The molecule has 4 aliphatic carbocycles. The summed E-state index contributed by atoms with van der Waals surface area (Å²) >= 11 is 0. The maximum Gasteiger partial charge on any atom is 0.200 e. The van der Waals surface area contributed by atoms with Gasteiger partial charge in [0, 0.05) is 42.1 Å². The fraction of sp³-hybridized carbons (Fsp3) is 0.431. The number of oxazole rings is 1. The number of benzene rings is 12. The van der Waals surface area contributed by atoms with Gasteiger partial charge in [-0.3, -0.25) is 9.89 Å². The minimum Gasteiger partial charge on any atom is -0.464 e. The highest BCUT2D eigenvalue weighted by atomic mass is 16.3. The zero-order valence-corrected chi connectivity index (χ0v) is 88.2. The molecule has 12 aromatic carbocycles. The summed E-state index contributed by atoms with van der Waals surface area (Å²) < 4.78 is 11.0. The van der Waals surface area contributed by atoms with E-state index in [1.54, 1.807) is 39.6 Å². The summed E-state index contributed by atoms with van der Waals surface area (Å²) in [6.07, 6.45) is 23.3. The third-order valence-corrected chi connectivity index (χ3v) is 27.2. The van der Waals surface area contributed by atoms with Crippen LogP contribution in [0.15, 0.2) is 281 Å². The van der Waals surface area contributed by atoms with E-state index in [2.05, 4.69) is 459 Å². The maximum absolute atomic E-state index is 5.62. The van der Waals surface area contributed by atoms with Crippen LogP contribution in [0.5, 0.6) is 0 Å². The summed E-state index contributed by atoms with van der Waals surface area (Å²) in [5.41, 5.74) is 33.2. The number of aromatic nitrogens is 1. The van der Waals surface area contributed by atoms with Crippen molar-refractivity contribution in [3.63, 3.8) is 0 Å². The normalized spacial score (nSPS) is 14.4. The Kier molecular flexibility index (Phi) is 35.4. The van der Waals surface area contributed by atoms with Gasteiger partial charge in [0.2, 0.25) is 5.89 Å². The molecule has 0 unspecified atom stereocenters. The smallest absolute Gasteiger partial charge is 0.200 e. The standard InChI is InChI=1S/C14H20.2C14H16.C13H19N.C13H18.C13H16.C13H18.C12H15N.C12H14O.C11H13NO.CH4/c3*1-14(2,3)13-9-8-11-6-4-5-7-12(11)10-13;1-13(2,3)14-9-8-11-6-4-5-7-12(11)10-14;2*1-13(2,3)12-8-7-10-5-4-6-11(10)9-12;1-13(2,3)12-8-10-6-4-5-7-11(10)9-12;1-12(2,3)10-4-5-11-9(8-10)6-7-13-11;1-12(2,3)10-5-4-9-6-7-13-11(9)8-10;1-11(2,3)10-12-8-6-4-5-7-9(8)13-10;/h8-10H,4-7H2,1-3H3;2*4-10H,1-3H3;4-7H,8-10H2,1-3H3;7-9H,4-6H2,1-3H3;4-5,7-9H,6H2,1-3H3;4-7,12H,8-9H2,1-3H3;4-5,7-8H,6H2,1-3H3;4-8H,1-3H3;4-7H,1-3H3;1H4. The summed E-state index contributed by atoms with van der Waals surface area (Å²) in [6.45, 7) is 69.8. The monoisotopic (exact) mass is 1800 g/mol. The second-order valence-corrected chi connectivity index (χ2v) is 48.5. The molecule has 5 nitrogen and oxygen atoms in total. The minimum atomic E-state index is -0.0149. The quantitative estimate of drug-likeness (QED) is 0.152. The highest BCUT2D eigenvalue weighted by Crippen LogP contribution is 2.40. The molecular weight excluding hydrogens is 1640 g/mol. The molecule has 14 aromatic rings. The van der Waals surface area contributed by atoms with Crippen molar-refractivity contribution in [2.45, 2.75) is 348 Å². The predicted molar refractivity (Wildman–Crippen MR) is 591 cm³/mol.